The zero-order chi connectivity index (χ0) is 22.6. The van der Waals surface area contributed by atoms with Gasteiger partial charge in [0.1, 0.15) is 10.7 Å². The van der Waals surface area contributed by atoms with E-state index in [0.717, 1.165) is 28.7 Å². The van der Waals surface area contributed by atoms with Gasteiger partial charge in [-0.05, 0) is 40.5 Å². The first kappa shape index (κ1) is 21.6. The lowest BCUT2D eigenvalue weighted by molar-refractivity contribution is 0.596. The molecule has 164 valence electrons. The summed E-state index contributed by atoms with van der Waals surface area (Å²) in [6.07, 6.45) is 2.40. The van der Waals surface area contributed by atoms with Crippen molar-refractivity contribution < 1.29 is 8.42 Å². The molecule has 0 saturated heterocycles. The molecule has 10 heteroatoms. The maximum atomic E-state index is 12.0. The molecule has 0 aliphatic carbocycles. The van der Waals surface area contributed by atoms with Crippen molar-refractivity contribution in [1.82, 2.24) is 25.6 Å². The lowest BCUT2D eigenvalue weighted by Gasteiger charge is -2.25. The van der Waals surface area contributed by atoms with Gasteiger partial charge in [-0.1, -0.05) is 55.5 Å². The zero-order valence-corrected chi connectivity index (χ0v) is 18.3. The van der Waals surface area contributed by atoms with Crippen LogP contribution in [0.5, 0.6) is 0 Å². The fourth-order valence-electron chi connectivity index (χ4n) is 3.59. The predicted octanol–water partition coefficient (Wildman–Crippen LogP) is 2.99. The van der Waals surface area contributed by atoms with Gasteiger partial charge in [-0.3, -0.25) is 0 Å². The largest absolute Gasteiger partial charge is 0.351 e. The number of hydrogen-bond acceptors (Lipinski definition) is 7. The van der Waals surface area contributed by atoms with E-state index in [0.29, 0.717) is 24.7 Å². The van der Waals surface area contributed by atoms with E-state index < -0.39 is 10.0 Å². The zero-order valence-electron chi connectivity index (χ0n) is 17.5. The van der Waals surface area contributed by atoms with Crippen LogP contribution in [0, 0.1) is 0 Å². The number of benzene rings is 2. The monoisotopic (exact) mass is 449 g/mol. The molecule has 0 unspecified atom stereocenters. The highest BCUT2D eigenvalue weighted by atomic mass is 32.2. The topological polar surface area (TPSA) is 131 Å². The van der Waals surface area contributed by atoms with Crippen molar-refractivity contribution >= 4 is 15.8 Å². The molecule has 4 aromatic rings. The number of nitrogens with two attached hydrogens (primary N) is 1. The molecule has 2 heterocycles. The van der Waals surface area contributed by atoms with Crippen LogP contribution in [0.3, 0.4) is 0 Å². The number of aromatic amines is 1. The summed E-state index contributed by atoms with van der Waals surface area (Å²) in [6, 6.07) is 19.0. The van der Waals surface area contributed by atoms with E-state index >= 15 is 0 Å². The molecule has 2 aromatic heterocycles. The second-order valence-electron chi connectivity index (χ2n) is 7.27. The maximum Gasteiger partial charge on any atom is 0.241 e. The average Bonchev–Trinajstić information content (AvgIpc) is 3.34. The van der Waals surface area contributed by atoms with E-state index in [1.54, 1.807) is 12.3 Å². The predicted molar refractivity (Wildman–Crippen MR) is 122 cm³/mol. The van der Waals surface area contributed by atoms with Crippen LogP contribution in [0.1, 0.15) is 18.9 Å². The Hall–Kier alpha value is -3.63. The molecule has 0 radical (unpaired) electrons. The van der Waals surface area contributed by atoms with Crippen molar-refractivity contribution in [2.24, 2.45) is 5.14 Å². The third-order valence-electron chi connectivity index (χ3n) is 5.00. The molecule has 9 nitrogen and oxygen atoms in total. The molecule has 4 rings (SSSR count). The average molecular weight is 450 g/mol. The second-order valence-corrected chi connectivity index (χ2v) is 8.80. The summed E-state index contributed by atoms with van der Waals surface area (Å²) in [6.45, 7) is 3.17. The van der Waals surface area contributed by atoms with E-state index in [9.17, 15) is 8.42 Å². The molecule has 0 atom stereocenters. The van der Waals surface area contributed by atoms with Gasteiger partial charge >= 0.3 is 0 Å². The molecule has 0 saturated carbocycles. The SMILES string of the molecule is CCCN(Cc1ccc(-c2ccccc2-c2nn[nH]n2)cc1)c1ncccc1S(N)(=O)=O. The minimum absolute atomic E-state index is 0.0270. The van der Waals surface area contributed by atoms with Gasteiger partial charge in [-0.2, -0.15) is 5.21 Å². The van der Waals surface area contributed by atoms with Crippen molar-refractivity contribution in [3.63, 3.8) is 0 Å². The number of hydrogen-bond donors (Lipinski definition) is 2. The molecule has 0 bridgehead atoms. The number of primary sulfonamides is 1. The summed E-state index contributed by atoms with van der Waals surface area (Å²) < 4.78 is 24.1. The number of nitrogens with zero attached hydrogens (tertiary/aromatic N) is 5. The van der Waals surface area contributed by atoms with Gasteiger partial charge < -0.3 is 4.90 Å². The number of nitrogens with one attached hydrogen (secondary N) is 1. The minimum atomic E-state index is -3.88. The first-order chi connectivity index (χ1) is 15.5. The Morgan fingerprint density at radius 3 is 2.41 bits per heavy atom. The highest BCUT2D eigenvalue weighted by molar-refractivity contribution is 7.89. The van der Waals surface area contributed by atoms with Gasteiger partial charge in [0.15, 0.2) is 0 Å². The van der Waals surface area contributed by atoms with Crippen LogP contribution < -0.4 is 10.0 Å². The highest BCUT2D eigenvalue weighted by Crippen LogP contribution is 2.30. The quantitative estimate of drug-likeness (QED) is 0.423. The molecule has 0 fully saturated rings. The standard InChI is InChI=1S/C22H23N7O2S/c1-2-14-29(22-20(32(23,30)31)8-5-13-24-22)15-16-9-11-17(12-10-16)18-6-3-4-7-19(18)21-25-27-28-26-21/h3-13H,2,14-15H2,1H3,(H2,23,30,31)(H,25,26,27,28). The molecular weight excluding hydrogens is 426 g/mol. The van der Waals surface area contributed by atoms with Crippen LogP contribution in [0.2, 0.25) is 0 Å². The van der Waals surface area contributed by atoms with Crippen LogP contribution >= 0.6 is 0 Å². The number of anilines is 1. The third-order valence-corrected chi connectivity index (χ3v) is 5.93. The van der Waals surface area contributed by atoms with Crippen molar-refractivity contribution in [3.05, 3.63) is 72.4 Å². The normalized spacial score (nSPS) is 11.4. The summed E-state index contributed by atoms with van der Waals surface area (Å²) in [5.74, 6) is 0.896. The maximum absolute atomic E-state index is 12.0. The van der Waals surface area contributed by atoms with Gasteiger partial charge in [-0.25, -0.2) is 18.5 Å². The first-order valence-electron chi connectivity index (χ1n) is 10.1. The lowest BCUT2D eigenvalue weighted by Crippen LogP contribution is -2.27. The summed E-state index contributed by atoms with van der Waals surface area (Å²) >= 11 is 0. The Kier molecular flexibility index (Phi) is 6.24. The van der Waals surface area contributed by atoms with Crippen molar-refractivity contribution in [2.75, 3.05) is 11.4 Å². The van der Waals surface area contributed by atoms with Crippen LogP contribution in [-0.4, -0.2) is 40.6 Å². The molecule has 3 N–H and O–H groups in total. The van der Waals surface area contributed by atoms with Crippen molar-refractivity contribution in [2.45, 2.75) is 24.8 Å². The fraction of sp³-hybridized carbons (Fsp3) is 0.182. The summed E-state index contributed by atoms with van der Waals surface area (Å²) in [4.78, 5) is 6.27. The van der Waals surface area contributed by atoms with Gasteiger partial charge in [0.25, 0.3) is 0 Å². The molecular formula is C22H23N7O2S. The van der Waals surface area contributed by atoms with Crippen LogP contribution in [0.25, 0.3) is 22.5 Å². The first-order valence-corrected chi connectivity index (χ1v) is 11.7. The van der Waals surface area contributed by atoms with Crippen LogP contribution in [0.4, 0.5) is 5.82 Å². The number of rotatable bonds is 8. The van der Waals surface area contributed by atoms with Crippen molar-refractivity contribution in [3.8, 4) is 22.5 Å². The molecule has 0 aliphatic rings. The Labute approximate surface area is 186 Å². The summed E-state index contributed by atoms with van der Waals surface area (Å²) in [5.41, 5.74) is 3.91. The van der Waals surface area contributed by atoms with E-state index in [-0.39, 0.29) is 4.90 Å². The Balaban J connectivity index is 1.63. The number of tetrazole rings is 1. The number of pyridine rings is 1. The Morgan fingerprint density at radius 1 is 1.00 bits per heavy atom. The van der Waals surface area contributed by atoms with Gasteiger partial charge in [0.2, 0.25) is 15.8 Å². The Bertz CT molecular complexity index is 1290. The molecule has 0 amide bonds. The van der Waals surface area contributed by atoms with Crippen molar-refractivity contribution in [1.29, 1.82) is 0 Å². The van der Waals surface area contributed by atoms with Gasteiger partial charge in [0.05, 0.1) is 0 Å². The van der Waals surface area contributed by atoms with Gasteiger partial charge in [-0.15, -0.1) is 10.2 Å². The van der Waals surface area contributed by atoms with Crippen LogP contribution in [0.15, 0.2) is 71.8 Å². The molecule has 2 aromatic carbocycles. The van der Waals surface area contributed by atoms with Gasteiger partial charge in [0, 0.05) is 24.8 Å². The third kappa shape index (κ3) is 4.66. The summed E-state index contributed by atoms with van der Waals surface area (Å²) in [7, 11) is -3.88. The minimum Gasteiger partial charge on any atom is -0.351 e. The van der Waals surface area contributed by atoms with E-state index in [4.69, 9.17) is 5.14 Å². The number of H-pyrrole nitrogens is 1. The van der Waals surface area contributed by atoms with E-state index in [2.05, 4.69) is 25.6 Å². The fourth-order valence-corrected chi connectivity index (χ4v) is 4.29. The van der Waals surface area contributed by atoms with E-state index in [1.807, 2.05) is 60.4 Å². The lowest BCUT2D eigenvalue weighted by atomic mass is 9.98. The Morgan fingerprint density at radius 2 is 1.75 bits per heavy atom. The smallest absolute Gasteiger partial charge is 0.241 e. The molecule has 32 heavy (non-hydrogen) atoms. The second kappa shape index (κ2) is 9.25. The van der Waals surface area contributed by atoms with E-state index in [1.165, 1.54) is 6.07 Å². The summed E-state index contributed by atoms with van der Waals surface area (Å²) in [5, 5.41) is 19.7. The number of sulfonamides is 1. The van der Waals surface area contributed by atoms with Crippen LogP contribution in [-0.2, 0) is 16.6 Å². The highest BCUT2D eigenvalue weighted by Gasteiger charge is 2.20. The molecule has 0 spiro atoms. The molecule has 0 aliphatic heterocycles. The number of aromatic nitrogens is 5.